The van der Waals surface area contributed by atoms with Gasteiger partial charge in [-0.05, 0) is 43.7 Å². The van der Waals surface area contributed by atoms with Crippen LogP contribution in [0.25, 0.3) is 0 Å². The Morgan fingerprint density at radius 2 is 2.00 bits per heavy atom. The van der Waals surface area contributed by atoms with E-state index in [0.29, 0.717) is 6.04 Å². The summed E-state index contributed by atoms with van der Waals surface area (Å²) < 4.78 is 18.9. The zero-order chi connectivity index (χ0) is 16.2. The molecule has 0 saturated carbocycles. The molecular weight excluding hydrogens is 277 g/mol. The molecule has 2 aromatic rings. The van der Waals surface area contributed by atoms with Crippen molar-refractivity contribution in [1.29, 1.82) is 0 Å². The van der Waals surface area contributed by atoms with Crippen LogP contribution >= 0.6 is 0 Å². The number of furan rings is 1. The zero-order valence-electron chi connectivity index (χ0n) is 14.0. The molecule has 2 rings (SSSR count). The van der Waals surface area contributed by atoms with E-state index in [4.69, 9.17) is 4.42 Å². The van der Waals surface area contributed by atoms with Gasteiger partial charge in [0.05, 0.1) is 12.6 Å². The lowest BCUT2D eigenvalue weighted by Crippen LogP contribution is -2.90. The largest absolute Gasteiger partial charge is 0.466 e. The average molecular weight is 304 g/mol. The van der Waals surface area contributed by atoms with Gasteiger partial charge in [-0.2, -0.15) is 0 Å². The van der Waals surface area contributed by atoms with Crippen LogP contribution < -0.4 is 5.32 Å². The van der Waals surface area contributed by atoms with E-state index in [1.54, 1.807) is 12.1 Å². The first-order valence-corrected chi connectivity index (χ1v) is 8.01. The highest BCUT2D eigenvalue weighted by Crippen LogP contribution is 2.29. The summed E-state index contributed by atoms with van der Waals surface area (Å²) in [6.07, 6.45) is 1.94. The van der Waals surface area contributed by atoms with Crippen LogP contribution in [-0.4, -0.2) is 12.6 Å². The molecule has 0 aliphatic heterocycles. The van der Waals surface area contributed by atoms with Crippen molar-refractivity contribution in [2.75, 3.05) is 6.54 Å². The van der Waals surface area contributed by atoms with Crippen LogP contribution in [0, 0.1) is 12.7 Å². The Bertz CT molecular complexity index is 603. The maximum Gasteiger partial charge on any atom is 0.123 e. The lowest BCUT2D eigenvalue weighted by molar-refractivity contribution is -0.687. The predicted octanol–water partition coefficient (Wildman–Crippen LogP) is 3.59. The number of benzene rings is 1. The second-order valence-electron chi connectivity index (χ2n) is 6.88. The van der Waals surface area contributed by atoms with E-state index in [0.717, 1.165) is 36.5 Å². The van der Waals surface area contributed by atoms with Gasteiger partial charge in [0, 0.05) is 18.3 Å². The molecule has 120 valence electrons. The molecule has 0 fully saturated rings. The first-order chi connectivity index (χ1) is 10.4. The van der Waals surface area contributed by atoms with Crippen molar-refractivity contribution in [3.63, 3.8) is 0 Å². The lowest BCUT2D eigenvalue weighted by atomic mass is 9.83. The Hall–Kier alpha value is -1.61. The van der Waals surface area contributed by atoms with E-state index in [-0.39, 0.29) is 11.2 Å². The highest BCUT2D eigenvalue weighted by Gasteiger charge is 2.27. The van der Waals surface area contributed by atoms with Gasteiger partial charge in [-0.1, -0.05) is 26.0 Å². The third-order valence-electron chi connectivity index (χ3n) is 4.13. The molecule has 0 aliphatic carbocycles. The number of halogens is 1. The van der Waals surface area contributed by atoms with Crippen molar-refractivity contribution in [3.8, 4) is 0 Å². The van der Waals surface area contributed by atoms with Crippen LogP contribution in [0.3, 0.4) is 0 Å². The van der Waals surface area contributed by atoms with Crippen LogP contribution in [0.2, 0.25) is 0 Å². The molecule has 0 saturated heterocycles. The van der Waals surface area contributed by atoms with Gasteiger partial charge < -0.3 is 9.73 Å². The molecule has 0 radical (unpaired) electrons. The Balaban J connectivity index is 1.81. The van der Waals surface area contributed by atoms with E-state index in [1.165, 1.54) is 6.07 Å². The first kappa shape index (κ1) is 16.8. The molecule has 2 N–H and O–H groups in total. The molecule has 0 spiro atoms. The van der Waals surface area contributed by atoms with Crippen molar-refractivity contribution in [2.24, 2.45) is 0 Å². The van der Waals surface area contributed by atoms with Gasteiger partial charge in [0.25, 0.3) is 0 Å². The molecule has 2 nitrogen and oxygen atoms in total. The van der Waals surface area contributed by atoms with Crippen LogP contribution in [-0.2, 0) is 11.8 Å². The summed E-state index contributed by atoms with van der Waals surface area (Å²) in [7, 11) is 0. The summed E-state index contributed by atoms with van der Waals surface area (Å²) in [6, 6.07) is 11.5. The molecule has 3 heteroatoms. The second kappa shape index (κ2) is 7.10. The number of aryl methyl sites for hydroxylation is 1. The standard InChI is InChI=1S/C19H26FNO/c1-14(13-19(3,4)18-9-8-15(2)22-18)21-11-10-16-6-5-7-17(20)12-16/h5-9,12,14,21H,10-11,13H2,1-4H3/p+1/t14-/m0/s1. The average Bonchev–Trinajstić information content (AvgIpc) is 2.86. The number of nitrogens with two attached hydrogens (primary N) is 1. The summed E-state index contributed by atoms with van der Waals surface area (Å²) in [4.78, 5) is 0. The third kappa shape index (κ3) is 4.70. The monoisotopic (exact) mass is 304 g/mol. The summed E-state index contributed by atoms with van der Waals surface area (Å²) in [5, 5.41) is 2.34. The number of quaternary nitrogens is 1. The van der Waals surface area contributed by atoms with Gasteiger partial charge in [0.15, 0.2) is 0 Å². The van der Waals surface area contributed by atoms with Crippen molar-refractivity contribution in [1.82, 2.24) is 0 Å². The fourth-order valence-electron chi connectivity index (χ4n) is 3.01. The van der Waals surface area contributed by atoms with Gasteiger partial charge in [-0.15, -0.1) is 0 Å². The Morgan fingerprint density at radius 3 is 2.64 bits per heavy atom. The molecule has 1 aromatic heterocycles. The van der Waals surface area contributed by atoms with Crippen LogP contribution in [0.4, 0.5) is 4.39 Å². The van der Waals surface area contributed by atoms with Gasteiger partial charge >= 0.3 is 0 Å². The maximum atomic E-state index is 13.1. The normalized spacial score (nSPS) is 13.3. The highest BCUT2D eigenvalue weighted by atomic mass is 19.1. The molecule has 0 amide bonds. The Labute approximate surface area is 132 Å². The second-order valence-corrected chi connectivity index (χ2v) is 6.88. The van der Waals surface area contributed by atoms with E-state index >= 15 is 0 Å². The fraction of sp³-hybridized carbons (Fsp3) is 0.474. The first-order valence-electron chi connectivity index (χ1n) is 8.01. The van der Waals surface area contributed by atoms with E-state index in [1.807, 2.05) is 19.1 Å². The summed E-state index contributed by atoms with van der Waals surface area (Å²) >= 11 is 0. The fourth-order valence-corrected chi connectivity index (χ4v) is 3.01. The number of rotatable bonds is 7. The third-order valence-corrected chi connectivity index (χ3v) is 4.13. The van der Waals surface area contributed by atoms with Crippen molar-refractivity contribution < 1.29 is 14.1 Å². The zero-order valence-corrected chi connectivity index (χ0v) is 14.0. The van der Waals surface area contributed by atoms with Crippen LogP contribution in [0.5, 0.6) is 0 Å². The summed E-state index contributed by atoms with van der Waals surface area (Å²) in [5.41, 5.74) is 1.09. The van der Waals surface area contributed by atoms with E-state index < -0.39 is 0 Å². The summed E-state index contributed by atoms with van der Waals surface area (Å²) in [5.74, 6) is 1.86. The van der Waals surface area contributed by atoms with E-state index in [2.05, 4.69) is 32.2 Å². The lowest BCUT2D eigenvalue weighted by Gasteiger charge is -2.25. The minimum absolute atomic E-state index is 0.0308. The van der Waals surface area contributed by atoms with Gasteiger partial charge in [0.2, 0.25) is 0 Å². The van der Waals surface area contributed by atoms with Gasteiger partial charge in [0.1, 0.15) is 17.3 Å². The van der Waals surface area contributed by atoms with Gasteiger partial charge in [-0.3, -0.25) is 0 Å². The maximum absolute atomic E-state index is 13.1. The minimum atomic E-state index is -0.153. The van der Waals surface area contributed by atoms with Gasteiger partial charge in [-0.25, -0.2) is 4.39 Å². The highest BCUT2D eigenvalue weighted by molar-refractivity contribution is 5.16. The molecule has 0 unspecified atom stereocenters. The predicted molar refractivity (Wildman–Crippen MR) is 87.4 cm³/mol. The summed E-state index contributed by atoms with van der Waals surface area (Å²) in [6.45, 7) is 9.64. The Kier molecular flexibility index (Phi) is 5.41. The van der Waals surface area contributed by atoms with E-state index in [9.17, 15) is 4.39 Å². The van der Waals surface area contributed by atoms with Crippen molar-refractivity contribution in [2.45, 2.75) is 52.0 Å². The van der Waals surface area contributed by atoms with Crippen LogP contribution in [0.1, 0.15) is 44.3 Å². The minimum Gasteiger partial charge on any atom is -0.466 e. The molecule has 22 heavy (non-hydrogen) atoms. The molecule has 1 atom stereocenters. The van der Waals surface area contributed by atoms with Crippen molar-refractivity contribution >= 4 is 0 Å². The Morgan fingerprint density at radius 1 is 1.23 bits per heavy atom. The van der Waals surface area contributed by atoms with Crippen molar-refractivity contribution in [3.05, 3.63) is 59.3 Å². The molecular formula is C19H27FNO+. The van der Waals surface area contributed by atoms with Crippen LogP contribution in [0.15, 0.2) is 40.8 Å². The number of hydrogen-bond donors (Lipinski definition) is 1. The topological polar surface area (TPSA) is 29.8 Å². The SMILES string of the molecule is Cc1ccc(C(C)(C)C[C@H](C)[NH2+]CCc2cccc(F)c2)o1. The molecule has 0 bridgehead atoms. The molecule has 1 aromatic carbocycles. The smallest absolute Gasteiger partial charge is 0.123 e. The quantitative estimate of drug-likeness (QED) is 0.832. The molecule has 0 aliphatic rings. The number of hydrogen-bond acceptors (Lipinski definition) is 1. The molecule has 1 heterocycles.